The number of rotatable bonds is 11. The largest absolute Gasteiger partial charge is 0.378 e. The average molecular weight is 434 g/mol. The first-order valence-corrected chi connectivity index (χ1v) is 12.2. The second-order valence-corrected chi connectivity index (χ2v) is 9.57. The van der Waals surface area contributed by atoms with Crippen LogP contribution in [0.25, 0.3) is 0 Å². The number of aliphatic imine (C=N–C) groups is 1. The van der Waals surface area contributed by atoms with Crippen LogP contribution >= 0.6 is 0 Å². The lowest BCUT2D eigenvalue weighted by molar-refractivity contribution is -0.121. The Labute approximate surface area is 176 Å². The van der Waals surface area contributed by atoms with Gasteiger partial charge in [0.15, 0.2) is 5.96 Å². The van der Waals surface area contributed by atoms with Crippen LogP contribution in [0, 0.1) is 0 Å². The molecule has 170 valence electrons. The third-order valence-corrected chi connectivity index (χ3v) is 6.51. The van der Waals surface area contributed by atoms with Gasteiger partial charge in [-0.25, -0.2) is 8.42 Å². The summed E-state index contributed by atoms with van der Waals surface area (Å²) >= 11 is 0. The maximum absolute atomic E-state index is 12.5. The molecule has 1 atom stereocenters. The van der Waals surface area contributed by atoms with E-state index in [0.717, 1.165) is 12.4 Å². The van der Waals surface area contributed by atoms with E-state index in [4.69, 9.17) is 4.74 Å². The zero-order valence-corrected chi connectivity index (χ0v) is 19.4. The van der Waals surface area contributed by atoms with E-state index in [2.05, 4.69) is 15.6 Å². The van der Waals surface area contributed by atoms with Crippen LogP contribution in [0.4, 0.5) is 0 Å². The Hall–Kier alpha value is -1.39. The van der Waals surface area contributed by atoms with Crippen LogP contribution in [0.15, 0.2) is 4.99 Å². The summed E-state index contributed by atoms with van der Waals surface area (Å²) in [4.78, 5) is 18.5. The van der Waals surface area contributed by atoms with Crippen LogP contribution in [0.2, 0.25) is 0 Å². The smallest absolute Gasteiger partial charge is 0.222 e. The van der Waals surface area contributed by atoms with Crippen molar-refractivity contribution in [3.63, 3.8) is 0 Å². The van der Waals surface area contributed by atoms with Crippen molar-refractivity contribution in [2.75, 3.05) is 51.6 Å². The van der Waals surface area contributed by atoms with E-state index in [-0.39, 0.29) is 30.4 Å². The number of amides is 1. The standard InChI is InChI=1S/C19H39N5O4S/c1-6-17(5)22-18(25)8-9-21-19(20-7-2)23-10-12-24(13-11-23)29(26,27)15-14-28-16(3)4/h16-17H,6-15H2,1-5H3,(H,20,21)(H,22,25). The van der Waals surface area contributed by atoms with Gasteiger partial charge in [-0.15, -0.1) is 0 Å². The van der Waals surface area contributed by atoms with E-state index in [9.17, 15) is 13.2 Å². The minimum absolute atomic E-state index is 0.00141. The molecule has 29 heavy (non-hydrogen) atoms. The Morgan fingerprint density at radius 3 is 2.34 bits per heavy atom. The molecule has 1 fully saturated rings. The van der Waals surface area contributed by atoms with Gasteiger partial charge in [-0.05, 0) is 34.1 Å². The molecular formula is C19H39N5O4S. The monoisotopic (exact) mass is 433 g/mol. The number of guanidine groups is 1. The predicted octanol–water partition coefficient (Wildman–Crippen LogP) is 0.629. The number of hydrogen-bond acceptors (Lipinski definition) is 5. The summed E-state index contributed by atoms with van der Waals surface area (Å²) in [6, 6.07) is 0.167. The molecule has 1 unspecified atom stereocenters. The highest BCUT2D eigenvalue weighted by atomic mass is 32.2. The van der Waals surface area contributed by atoms with Crippen LogP contribution in [0.3, 0.4) is 0 Å². The Bertz CT molecular complexity index is 616. The molecule has 0 aromatic heterocycles. The molecule has 1 heterocycles. The third-order valence-electron chi connectivity index (χ3n) is 4.68. The number of carbonyl (C=O) groups excluding carboxylic acids is 1. The molecule has 0 aliphatic carbocycles. The maximum atomic E-state index is 12.5. The minimum atomic E-state index is -3.31. The van der Waals surface area contributed by atoms with Crippen LogP contribution in [-0.2, 0) is 19.6 Å². The molecule has 2 N–H and O–H groups in total. The fraction of sp³-hybridized carbons (Fsp3) is 0.895. The summed E-state index contributed by atoms with van der Waals surface area (Å²) in [5.74, 6) is 0.729. The van der Waals surface area contributed by atoms with Gasteiger partial charge in [0, 0.05) is 45.2 Å². The summed E-state index contributed by atoms with van der Waals surface area (Å²) in [5.41, 5.74) is 0. The SMILES string of the molecule is CCNC(=NCCC(=O)NC(C)CC)N1CCN(S(=O)(=O)CCOC(C)C)CC1. The quantitative estimate of drug-likeness (QED) is 0.366. The Kier molecular flexibility index (Phi) is 11.5. The lowest BCUT2D eigenvalue weighted by Crippen LogP contribution is -2.54. The summed E-state index contributed by atoms with van der Waals surface area (Å²) in [7, 11) is -3.31. The number of sulfonamides is 1. The first-order chi connectivity index (χ1) is 13.7. The number of nitrogens with zero attached hydrogens (tertiary/aromatic N) is 3. The van der Waals surface area contributed by atoms with Crippen LogP contribution in [0.5, 0.6) is 0 Å². The van der Waals surface area contributed by atoms with E-state index < -0.39 is 10.0 Å². The zero-order valence-electron chi connectivity index (χ0n) is 18.6. The molecule has 1 amide bonds. The number of piperazine rings is 1. The minimum Gasteiger partial charge on any atom is -0.378 e. The third kappa shape index (κ3) is 9.77. The van der Waals surface area contributed by atoms with Crippen molar-refractivity contribution in [3.05, 3.63) is 0 Å². The molecule has 10 heteroatoms. The Morgan fingerprint density at radius 2 is 1.79 bits per heavy atom. The van der Waals surface area contributed by atoms with Crippen molar-refractivity contribution >= 4 is 21.9 Å². The van der Waals surface area contributed by atoms with Crippen molar-refractivity contribution in [2.24, 2.45) is 4.99 Å². The molecule has 0 spiro atoms. The second-order valence-electron chi connectivity index (χ2n) is 7.48. The highest BCUT2D eigenvalue weighted by Crippen LogP contribution is 2.09. The van der Waals surface area contributed by atoms with Crippen molar-refractivity contribution in [3.8, 4) is 0 Å². The van der Waals surface area contributed by atoms with Crippen LogP contribution in [0.1, 0.15) is 47.5 Å². The lowest BCUT2D eigenvalue weighted by Gasteiger charge is -2.35. The number of carbonyl (C=O) groups is 1. The number of ether oxygens (including phenoxy) is 1. The molecule has 0 bridgehead atoms. The molecule has 0 aromatic rings. The van der Waals surface area contributed by atoms with Crippen molar-refractivity contribution in [2.45, 2.75) is 59.6 Å². The first kappa shape index (κ1) is 25.6. The molecular weight excluding hydrogens is 394 g/mol. The van der Waals surface area contributed by atoms with Gasteiger partial charge in [0.1, 0.15) is 0 Å². The molecule has 1 saturated heterocycles. The fourth-order valence-corrected chi connectivity index (χ4v) is 4.12. The number of hydrogen-bond donors (Lipinski definition) is 2. The number of nitrogens with one attached hydrogen (secondary N) is 2. The van der Waals surface area contributed by atoms with E-state index in [1.54, 1.807) is 0 Å². The van der Waals surface area contributed by atoms with Gasteiger partial charge in [0.05, 0.1) is 25.0 Å². The highest BCUT2D eigenvalue weighted by molar-refractivity contribution is 7.89. The normalized spacial score (nSPS) is 17.4. The van der Waals surface area contributed by atoms with Crippen molar-refractivity contribution in [1.29, 1.82) is 0 Å². The first-order valence-electron chi connectivity index (χ1n) is 10.6. The van der Waals surface area contributed by atoms with Gasteiger partial charge in [0.2, 0.25) is 15.9 Å². The van der Waals surface area contributed by atoms with Gasteiger partial charge < -0.3 is 20.3 Å². The fourth-order valence-electron chi connectivity index (χ4n) is 2.83. The average Bonchev–Trinajstić information content (AvgIpc) is 2.66. The predicted molar refractivity (Wildman–Crippen MR) is 117 cm³/mol. The summed E-state index contributed by atoms with van der Waals surface area (Å²) in [6.45, 7) is 13.1. The molecule has 9 nitrogen and oxygen atoms in total. The summed E-state index contributed by atoms with van der Waals surface area (Å²) < 4.78 is 31.8. The molecule has 0 radical (unpaired) electrons. The molecule has 0 aromatic carbocycles. The second kappa shape index (κ2) is 13.0. The summed E-state index contributed by atoms with van der Waals surface area (Å²) in [5, 5.41) is 6.17. The van der Waals surface area contributed by atoms with Crippen LogP contribution in [-0.4, -0.2) is 93.3 Å². The lowest BCUT2D eigenvalue weighted by atomic mass is 10.2. The highest BCUT2D eigenvalue weighted by Gasteiger charge is 2.28. The Morgan fingerprint density at radius 1 is 1.14 bits per heavy atom. The Balaban J connectivity index is 2.54. The van der Waals surface area contributed by atoms with Crippen molar-refractivity contribution in [1.82, 2.24) is 19.8 Å². The van der Waals surface area contributed by atoms with E-state index in [0.29, 0.717) is 45.7 Å². The van der Waals surface area contributed by atoms with Gasteiger partial charge >= 0.3 is 0 Å². The molecule has 1 rings (SSSR count). The van der Waals surface area contributed by atoms with Gasteiger partial charge in [-0.1, -0.05) is 6.92 Å². The molecule has 1 aliphatic rings. The van der Waals surface area contributed by atoms with Gasteiger partial charge in [-0.2, -0.15) is 4.31 Å². The molecule has 0 saturated carbocycles. The van der Waals surface area contributed by atoms with Gasteiger partial charge in [-0.3, -0.25) is 9.79 Å². The van der Waals surface area contributed by atoms with E-state index in [1.165, 1.54) is 4.31 Å². The summed E-state index contributed by atoms with van der Waals surface area (Å²) in [6.07, 6.45) is 1.26. The van der Waals surface area contributed by atoms with Crippen LogP contribution < -0.4 is 10.6 Å². The zero-order chi connectivity index (χ0) is 21.9. The maximum Gasteiger partial charge on any atom is 0.222 e. The van der Waals surface area contributed by atoms with Crippen molar-refractivity contribution < 1.29 is 17.9 Å². The van der Waals surface area contributed by atoms with E-state index >= 15 is 0 Å². The van der Waals surface area contributed by atoms with E-state index in [1.807, 2.05) is 39.5 Å². The van der Waals surface area contributed by atoms with Gasteiger partial charge in [0.25, 0.3) is 0 Å². The molecule has 1 aliphatic heterocycles. The topological polar surface area (TPSA) is 103 Å².